The van der Waals surface area contributed by atoms with E-state index in [-0.39, 0.29) is 46.5 Å². The molecule has 2 aromatic rings. The number of nitrogens with zero attached hydrogens (tertiary/aromatic N) is 1. The van der Waals surface area contributed by atoms with Gasteiger partial charge >= 0.3 is 0 Å². The van der Waals surface area contributed by atoms with E-state index in [1.807, 2.05) is 6.07 Å². The van der Waals surface area contributed by atoms with E-state index in [2.05, 4.69) is 5.32 Å². The standard InChI is InChI=1S/C25H30ClN3O4S2/c1-13-19-8-17(26)2-5-20(19)34-23(13)35(32,33)29(18-3-4-18)12-21(30)28-22-15-6-14-7-16(22)11-25(9-14,10-15)24(27)31/h2,5,8,14-16,18,22H,3-4,6-7,9-12H2,1H3,(H2,27,31)(H,28,30). The van der Waals surface area contributed by atoms with Gasteiger partial charge in [0.2, 0.25) is 11.8 Å². The Hall–Kier alpha value is -1.68. The van der Waals surface area contributed by atoms with Crippen molar-refractivity contribution in [3.63, 3.8) is 0 Å². The van der Waals surface area contributed by atoms with Crippen molar-refractivity contribution in [1.82, 2.24) is 9.62 Å². The van der Waals surface area contributed by atoms with Crippen LogP contribution in [0.25, 0.3) is 10.1 Å². The van der Waals surface area contributed by atoms with Crippen molar-refractivity contribution >= 4 is 54.9 Å². The van der Waals surface area contributed by atoms with Crippen LogP contribution in [0.4, 0.5) is 0 Å². The normalized spacial score (nSPS) is 31.9. The zero-order valence-corrected chi connectivity index (χ0v) is 22.0. The number of fused-ring (bicyclic) bond motifs is 1. The van der Waals surface area contributed by atoms with Gasteiger partial charge in [0.05, 0.1) is 6.54 Å². The zero-order chi connectivity index (χ0) is 24.7. The molecule has 0 radical (unpaired) electrons. The third-order valence-electron chi connectivity index (χ3n) is 8.77. The lowest BCUT2D eigenvalue weighted by molar-refractivity contribution is -0.147. The van der Waals surface area contributed by atoms with E-state index in [0.29, 0.717) is 16.5 Å². The Bertz CT molecular complexity index is 1320. The molecule has 1 heterocycles. The quantitative estimate of drug-likeness (QED) is 0.561. The molecule has 0 aliphatic heterocycles. The summed E-state index contributed by atoms with van der Waals surface area (Å²) in [4.78, 5) is 25.5. The number of halogens is 1. The number of carbonyl (C=O) groups excluding carboxylic acids is 2. The van der Waals surface area contributed by atoms with Crippen molar-refractivity contribution in [3.8, 4) is 0 Å². The maximum atomic E-state index is 13.8. The zero-order valence-electron chi connectivity index (χ0n) is 19.6. The minimum atomic E-state index is -3.83. The fourth-order valence-electron chi connectivity index (χ4n) is 7.23. The van der Waals surface area contributed by atoms with Crippen LogP contribution in [-0.4, -0.2) is 43.2 Å². The molecule has 5 aliphatic carbocycles. The Kier molecular flexibility index (Phi) is 5.53. The number of aryl methyl sites for hydroxylation is 1. The predicted molar refractivity (Wildman–Crippen MR) is 136 cm³/mol. The Labute approximate surface area is 214 Å². The Morgan fingerprint density at radius 2 is 1.89 bits per heavy atom. The Morgan fingerprint density at radius 3 is 2.51 bits per heavy atom. The monoisotopic (exact) mass is 535 g/mol. The van der Waals surface area contributed by atoms with Crippen LogP contribution < -0.4 is 11.1 Å². The number of rotatable bonds is 7. The smallest absolute Gasteiger partial charge is 0.253 e. The van der Waals surface area contributed by atoms with E-state index in [9.17, 15) is 18.0 Å². The SMILES string of the molecule is Cc1c(S(=O)(=O)N(CC(=O)NC2C3CC4CC2CC(C(N)=O)(C4)C3)C2CC2)sc2ccc(Cl)cc12. The molecule has 7 nitrogen and oxygen atoms in total. The molecule has 5 aliphatic rings. The van der Waals surface area contributed by atoms with Gasteiger partial charge in [-0.2, -0.15) is 4.31 Å². The lowest BCUT2D eigenvalue weighted by Crippen LogP contribution is -2.62. The van der Waals surface area contributed by atoms with Crippen LogP contribution in [0.15, 0.2) is 22.4 Å². The van der Waals surface area contributed by atoms with Crippen LogP contribution >= 0.6 is 22.9 Å². The first kappa shape index (κ1) is 23.7. The average molecular weight is 536 g/mol. The maximum Gasteiger partial charge on any atom is 0.253 e. The number of hydrogen-bond donors (Lipinski definition) is 2. The number of sulfonamides is 1. The largest absolute Gasteiger partial charge is 0.369 e. The molecule has 1 aromatic carbocycles. The van der Waals surface area contributed by atoms with E-state index < -0.39 is 15.4 Å². The van der Waals surface area contributed by atoms with E-state index in [1.54, 1.807) is 19.1 Å². The summed E-state index contributed by atoms with van der Waals surface area (Å²) in [5.41, 5.74) is 6.05. The van der Waals surface area contributed by atoms with E-state index in [1.165, 1.54) is 15.6 Å². The third-order valence-corrected chi connectivity index (χ3v) is 12.8. The summed E-state index contributed by atoms with van der Waals surface area (Å²) >= 11 is 7.38. The van der Waals surface area contributed by atoms with Gasteiger partial charge in [-0.05, 0) is 98.8 Å². The average Bonchev–Trinajstić information content (AvgIpc) is 3.57. The van der Waals surface area contributed by atoms with Crippen LogP contribution in [0.5, 0.6) is 0 Å². The van der Waals surface area contributed by atoms with E-state index >= 15 is 0 Å². The van der Waals surface area contributed by atoms with Gasteiger partial charge in [-0.15, -0.1) is 11.3 Å². The lowest BCUT2D eigenvalue weighted by atomic mass is 9.47. The fourth-order valence-corrected chi connectivity index (χ4v) is 10.9. The van der Waals surface area contributed by atoms with Gasteiger partial charge in [-0.25, -0.2) is 8.42 Å². The topological polar surface area (TPSA) is 110 Å². The highest BCUT2D eigenvalue weighted by atomic mass is 35.5. The molecule has 2 amide bonds. The van der Waals surface area contributed by atoms with Crippen LogP contribution in [0.2, 0.25) is 5.02 Å². The van der Waals surface area contributed by atoms with Crippen molar-refractivity contribution in [1.29, 1.82) is 0 Å². The van der Waals surface area contributed by atoms with Gasteiger partial charge in [-0.1, -0.05) is 11.6 Å². The Morgan fingerprint density at radius 1 is 1.20 bits per heavy atom. The molecule has 5 saturated carbocycles. The van der Waals surface area contributed by atoms with Gasteiger partial charge in [0.1, 0.15) is 4.21 Å². The molecular formula is C25H30ClN3O4S2. The highest BCUT2D eigenvalue weighted by Crippen LogP contribution is 2.60. The van der Waals surface area contributed by atoms with Crippen molar-refractivity contribution in [2.24, 2.45) is 28.9 Å². The molecule has 0 spiro atoms. The summed E-state index contributed by atoms with van der Waals surface area (Å²) < 4.78 is 30.0. The molecule has 5 fully saturated rings. The van der Waals surface area contributed by atoms with Crippen molar-refractivity contribution in [2.45, 2.75) is 68.2 Å². The first-order valence-corrected chi connectivity index (χ1v) is 15.0. The summed E-state index contributed by atoms with van der Waals surface area (Å²) in [5.74, 6) is 0.512. The molecule has 1 aromatic heterocycles. The van der Waals surface area contributed by atoms with Gasteiger partial charge in [0, 0.05) is 27.2 Å². The van der Waals surface area contributed by atoms with E-state index in [0.717, 1.165) is 55.0 Å². The van der Waals surface area contributed by atoms with E-state index in [4.69, 9.17) is 17.3 Å². The molecule has 7 rings (SSSR count). The van der Waals surface area contributed by atoms with Gasteiger partial charge in [0.15, 0.2) is 0 Å². The van der Waals surface area contributed by atoms with Crippen molar-refractivity contribution in [2.75, 3.05) is 6.54 Å². The number of amides is 2. The van der Waals surface area contributed by atoms with Crippen LogP contribution in [0.3, 0.4) is 0 Å². The number of benzene rings is 1. The first-order chi connectivity index (χ1) is 16.6. The fraction of sp³-hybridized carbons (Fsp3) is 0.600. The minimum absolute atomic E-state index is 0.0107. The second-order valence-electron chi connectivity index (χ2n) is 11.1. The first-order valence-electron chi connectivity index (χ1n) is 12.4. The van der Waals surface area contributed by atoms with Gasteiger partial charge in [-0.3, -0.25) is 9.59 Å². The van der Waals surface area contributed by atoms with Gasteiger partial charge in [0.25, 0.3) is 10.0 Å². The number of hydrogen-bond acceptors (Lipinski definition) is 5. The van der Waals surface area contributed by atoms with Crippen LogP contribution in [0, 0.1) is 30.1 Å². The molecule has 3 N–H and O–H groups in total. The maximum absolute atomic E-state index is 13.8. The summed E-state index contributed by atoms with van der Waals surface area (Å²) in [5, 5.41) is 4.59. The minimum Gasteiger partial charge on any atom is -0.369 e. The molecule has 4 bridgehead atoms. The van der Waals surface area contributed by atoms with Crippen LogP contribution in [-0.2, 0) is 19.6 Å². The number of carbonyl (C=O) groups is 2. The molecule has 2 atom stereocenters. The molecule has 10 heteroatoms. The number of nitrogens with one attached hydrogen (secondary N) is 1. The molecule has 35 heavy (non-hydrogen) atoms. The third kappa shape index (κ3) is 3.90. The number of thiophene rings is 1. The second kappa shape index (κ2) is 8.16. The summed E-state index contributed by atoms with van der Waals surface area (Å²) in [6, 6.07) is 5.24. The van der Waals surface area contributed by atoms with Crippen LogP contribution in [0.1, 0.15) is 50.5 Å². The highest BCUT2D eigenvalue weighted by Gasteiger charge is 2.58. The summed E-state index contributed by atoms with van der Waals surface area (Å²) in [6.45, 7) is 1.62. The lowest BCUT2D eigenvalue weighted by Gasteiger charge is -2.58. The highest BCUT2D eigenvalue weighted by molar-refractivity contribution is 7.91. The summed E-state index contributed by atoms with van der Waals surface area (Å²) in [6.07, 6.45) is 5.88. The van der Waals surface area contributed by atoms with Crippen molar-refractivity contribution < 1.29 is 18.0 Å². The second-order valence-corrected chi connectivity index (χ2v) is 14.7. The van der Waals surface area contributed by atoms with Crippen molar-refractivity contribution in [3.05, 3.63) is 28.8 Å². The molecule has 188 valence electrons. The molecular weight excluding hydrogens is 506 g/mol. The predicted octanol–water partition coefficient (Wildman–Crippen LogP) is 3.81. The number of nitrogens with two attached hydrogens (primary N) is 1. The molecule has 0 saturated heterocycles. The summed E-state index contributed by atoms with van der Waals surface area (Å²) in [7, 11) is -3.83. The molecule has 2 unspecified atom stereocenters. The Balaban J connectivity index is 1.22. The van der Waals surface area contributed by atoms with Gasteiger partial charge < -0.3 is 11.1 Å². The number of primary amides is 1.